The zero-order valence-corrected chi connectivity index (χ0v) is 17.0. The molecule has 0 N–H and O–H groups in total. The number of fused-ring (bicyclic) bond motifs is 1. The quantitative estimate of drug-likeness (QED) is 0.469. The van der Waals surface area contributed by atoms with E-state index in [-0.39, 0.29) is 23.7 Å². The molecule has 3 aromatic heterocycles. The third-order valence-electron chi connectivity index (χ3n) is 4.88. The Labute approximate surface area is 180 Å². The summed E-state index contributed by atoms with van der Waals surface area (Å²) in [6.45, 7) is 1.73. The third kappa shape index (κ3) is 3.92. The van der Waals surface area contributed by atoms with Crippen molar-refractivity contribution in [2.45, 2.75) is 19.6 Å². The number of nitrogens with zero attached hydrogens (tertiary/aromatic N) is 5. The Morgan fingerprint density at radius 1 is 1.12 bits per heavy atom. The van der Waals surface area contributed by atoms with Crippen LogP contribution in [0, 0.1) is 18.3 Å². The predicted octanol–water partition coefficient (Wildman–Crippen LogP) is 4.44. The van der Waals surface area contributed by atoms with E-state index >= 15 is 0 Å². The molecule has 0 aliphatic carbocycles. The van der Waals surface area contributed by atoms with Gasteiger partial charge in [-0.2, -0.15) is 23.4 Å². The molecule has 10 heteroatoms. The average Bonchev–Trinajstić information content (AvgIpc) is 3.09. The summed E-state index contributed by atoms with van der Waals surface area (Å²) in [6, 6.07) is 11.0. The van der Waals surface area contributed by atoms with Gasteiger partial charge in [0.1, 0.15) is 18.1 Å². The van der Waals surface area contributed by atoms with Gasteiger partial charge in [-0.1, -0.05) is 0 Å². The molecule has 0 bridgehead atoms. The second kappa shape index (κ2) is 7.85. The molecule has 0 unspecified atom stereocenters. The first-order valence-corrected chi connectivity index (χ1v) is 9.44. The Kier molecular flexibility index (Phi) is 5.18. The summed E-state index contributed by atoms with van der Waals surface area (Å²) in [6.07, 6.45) is -2.72. The molecule has 3 heterocycles. The lowest BCUT2D eigenvalue weighted by Crippen LogP contribution is -2.15. The van der Waals surface area contributed by atoms with E-state index in [9.17, 15) is 18.0 Å². The van der Waals surface area contributed by atoms with Gasteiger partial charge in [-0.25, -0.2) is 4.98 Å². The summed E-state index contributed by atoms with van der Waals surface area (Å²) in [4.78, 5) is 20.8. The van der Waals surface area contributed by atoms with E-state index in [1.807, 2.05) is 0 Å². The van der Waals surface area contributed by atoms with Crippen LogP contribution in [0.25, 0.3) is 22.3 Å². The fraction of sp³-hybridized carbons (Fsp3) is 0.182. The lowest BCUT2D eigenvalue weighted by atomic mass is 10.2. The highest BCUT2D eigenvalue weighted by Crippen LogP contribution is 2.33. The lowest BCUT2D eigenvalue weighted by molar-refractivity contribution is -0.137. The second-order valence-corrected chi connectivity index (χ2v) is 7.06. The topological polar surface area (TPSA) is 85.7 Å². The van der Waals surface area contributed by atoms with Crippen molar-refractivity contribution in [2.24, 2.45) is 7.05 Å². The van der Waals surface area contributed by atoms with Gasteiger partial charge in [0.25, 0.3) is 5.56 Å². The number of hydrogen-bond acceptors (Lipinski definition) is 5. The molecule has 0 saturated heterocycles. The highest BCUT2D eigenvalue weighted by atomic mass is 19.4. The van der Waals surface area contributed by atoms with E-state index in [2.05, 4.69) is 16.0 Å². The molecule has 4 aromatic rings. The molecule has 0 saturated carbocycles. The molecule has 32 heavy (non-hydrogen) atoms. The maximum atomic E-state index is 12.8. The SMILES string of the molecule is Cc1nc(Oc2ccc(C(F)(F)F)cc2)cc(-c2cn(CC#N)c3ccc(=O)n(C)c23)n1. The number of ether oxygens (including phenoxy) is 1. The molecule has 0 aliphatic rings. The predicted molar refractivity (Wildman–Crippen MR) is 110 cm³/mol. The lowest BCUT2D eigenvalue weighted by Gasteiger charge is -2.10. The summed E-state index contributed by atoms with van der Waals surface area (Å²) in [7, 11) is 1.62. The Bertz CT molecular complexity index is 1410. The molecule has 0 spiro atoms. The van der Waals surface area contributed by atoms with E-state index in [4.69, 9.17) is 10.00 Å². The second-order valence-electron chi connectivity index (χ2n) is 7.06. The van der Waals surface area contributed by atoms with Crippen LogP contribution < -0.4 is 10.3 Å². The highest BCUT2D eigenvalue weighted by molar-refractivity contribution is 5.92. The number of benzene rings is 1. The molecular formula is C22H16F3N5O2. The van der Waals surface area contributed by atoms with Crippen molar-refractivity contribution in [1.29, 1.82) is 5.26 Å². The number of pyridine rings is 1. The Balaban J connectivity index is 1.78. The number of nitriles is 1. The van der Waals surface area contributed by atoms with Crippen molar-refractivity contribution in [3.8, 4) is 29.0 Å². The van der Waals surface area contributed by atoms with Gasteiger partial charge in [0.2, 0.25) is 5.88 Å². The van der Waals surface area contributed by atoms with Gasteiger partial charge in [0.15, 0.2) is 0 Å². The Morgan fingerprint density at radius 2 is 1.84 bits per heavy atom. The summed E-state index contributed by atoms with van der Waals surface area (Å²) in [5.74, 6) is 0.683. The van der Waals surface area contributed by atoms with Crippen molar-refractivity contribution < 1.29 is 17.9 Å². The standard InChI is InChI=1S/C22H16F3N5O2/c1-13-27-17(11-19(28-13)32-15-5-3-14(4-6-15)22(23,24)25)16-12-30(10-9-26)18-7-8-20(31)29(2)21(16)18/h3-8,11-12H,10H2,1-2H3. The van der Waals surface area contributed by atoms with E-state index < -0.39 is 11.7 Å². The molecule has 0 radical (unpaired) electrons. The van der Waals surface area contributed by atoms with E-state index in [1.54, 1.807) is 30.8 Å². The smallest absolute Gasteiger partial charge is 0.416 e. The Morgan fingerprint density at radius 3 is 2.50 bits per heavy atom. The van der Waals surface area contributed by atoms with Crippen LogP contribution in [0.4, 0.5) is 13.2 Å². The largest absolute Gasteiger partial charge is 0.439 e. The maximum Gasteiger partial charge on any atom is 0.416 e. The van der Waals surface area contributed by atoms with E-state index in [1.165, 1.54) is 28.8 Å². The summed E-state index contributed by atoms with van der Waals surface area (Å²) < 4.78 is 47.2. The monoisotopic (exact) mass is 439 g/mol. The molecular weight excluding hydrogens is 423 g/mol. The number of aromatic nitrogens is 4. The summed E-state index contributed by atoms with van der Waals surface area (Å²) >= 11 is 0. The van der Waals surface area contributed by atoms with Crippen molar-refractivity contribution in [1.82, 2.24) is 19.1 Å². The fourth-order valence-electron chi connectivity index (χ4n) is 3.42. The van der Waals surface area contributed by atoms with Crippen LogP contribution in [-0.2, 0) is 19.8 Å². The first-order chi connectivity index (χ1) is 15.2. The Hall–Kier alpha value is -4.13. The van der Waals surface area contributed by atoms with Gasteiger partial charge in [0.05, 0.1) is 28.4 Å². The molecule has 0 fully saturated rings. The van der Waals surface area contributed by atoms with E-state index in [0.29, 0.717) is 28.1 Å². The summed E-state index contributed by atoms with van der Waals surface area (Å²) in [5.41, 5.74) is 1.31. The van der Waals surface area contributed by atoms with Crippen molar-refractivity contribution in [2.75, 3.05) is 0 Å². The van der Waals surface area contributed by atoms with Crippen LogP contribution >= 0.6 is 0 Å². The van der Waals surface area contributed by atoms with Gasteiger partial charge in [-0.05, 0) is 37.3 Å². The molecule has 1 aromatic carbocycles. The van der Waals surface area contributed by atoms with Gasteiger partial charge in [0, 0.05) is 30.9 Å². The van der Waals surface area contributed by atoms with E-state index in [0.717, 1.165) is 12.1 Å². The van der Waals surface area contributed by atoms with Crippen LogP contribution in [0.5, 0.6) is 11.6 Å². The zero-order valence-electron chi connectivity index (χ0n) is 17.0. The van der Waals surface area contributed by atoms with Gasteiger partial charge < -0.3 is 13.9 Å². The maximum absolute atomic E-state index is 12.8. The number of rotatable bonds is 4. The van der Waals surface area contributed by atoms with Gasteiger partial charge in [-0.15, -0.1) is 0 Å². The molecule has 0 amide bonds. The molecule has 162 valence electrons. The van der Waals surface area contributed by atoms with Crippen LogP contribution in [0.2, 0.25) is 0 Å². The van der Waals surface area contributed by atoms with Crippen LogP contribution in [0.3, 0.4) is 0 Å². The minimum absolute atomic E-state index is 0.0771. The molecule has 0 atom stereocenters. The minimum atomic E-state index is -4.44. The number of hydrogen-bond donors (Lipinski definition) is 0. The average molecular weight is 439 g/mol. The van der Waals surface area contributed by atoms with Gasteiger partial charge >= 0.3 is 6.18 Å². The number of halogens is 3. The van der Waals surface area contributed by atoms with Crippen molar-refractivity contribution >= 4 is 11.0 Å². The first-order valence-electron chi connectivity index (χ1n) is 9.44. The normalized spacial score (nSPS) is 11.5. The van der Waals surface area contributed by atoms with Crippen LogP contribution in [-0.4, -0.2) is 19.1 Å². The van der Waals surface area contributed by atoms with Crippen LogP contribution in [0.1, 0.15) is 11.4 Å². The molecule has 4 rings (SSSR count). The highest BCUT2D eigenvalue weighted by Gasteiger charge is 2.30. The molecule has 7 nitrogen and oxygen atoms in total. The fourth-order valence-corrected chi connectivity index (χ4v) is 3.42. The summed E-state index contributed by atoms with van der Waals surface area (Å²) in [5, 5.41) is 9.15. The minimum Gasteiger partial charge on any atom is -0.439 e. The van der Waals surface area contributed by atoms with Gasteiger partial charge in [-0.3, -0.25) is 4.79 Å². The van der Waals surface area contributed by atoms with Crippen LogP contribution in [0.15, 0.2) is 53.5 Å². The molecule has 0 aliphatic heterocycles. The zero-order chi connectivity index (χ0) is 23.0. The number of alkyl halides is 3. The first kappa shape index (κ1) is 21.1. The van der Waals surface area contributed by atoms with Crippen molar-refractivity contribution in [3.05, 3.63) is 70.4 Å². The number of aryl methyl sites for hydroxylation is 2. The third-order valence-corrected chi connectivity index (χ3v) is 4.88. The van der Waals surface area contributed by atoms with Crippen molar-refractivity contribution in [3.63, 3.8) is 0 Å².